The predicted octanol–water partition coefficient (Wildman–Crippen LogP) is 3.33. The van der Waals surface area contributed by atoms with Crippen LogP contribution in [0.4, 0.5) is 5.69 Å². The van der Waals surface area contributed by atoms with Gasteiger partial charge in [0, 0.05) is 11.0 Å². The van der Waals surface area contributed by atoms with E-state index in [1.807, 2.05) is 26.0 Å². The van der Waals surface area contributed by atoms with Gasteiger partial charge in [-0.15, -0.1) is 0 Å². The summed E-state index contributed by atoms with van der Waals surface area (Å²) in [5, 5.41) is 0. The van der Waals surface area contributed by atoms with E-state index in [-0.39, 0.29) is 11.4 Å². The highest BCUT2D eigenvalue weighted by atomic mass is 79.9. The quantitative estimate of drug-likeness (QED) is 0.869. The molecule has 0 saturated carbocycles. The number of halogens is 1. The van der Waals surface area contributed by atoms with E-state index < -0.39 is 10.0 Å². The van der Waals surface area contributed by atoms with Gasteiger partial charge in [0.2, 0.25) is 0 Å². The molecule has 21 heavy (non-hydrogen) atoms. The van der Waals surface area contributed by atoms with Crippen LogP contribution in [0.25, 0.3) is 0 Å². The molecule has 0 aromatic heterocycles. The number of benzene rings is 2. The molecule has 2 rings (SSSR count). The summed E-state index contributed by atoms with van der Waals surface area (Å²) >= 11 is 3.40. The van der Waals surface area contributed by atoms with E-state index in [1.54, 1.807) is 24.3 Å². The van der Waals surface area contributed by atoms with Crippen LogP contribution in [0, 0.1) is 13.8 Å². The first-order valence-electron chi connectivity index (χ1n) is 6.42. The SMILES string of the molecule is Cc1cc(Br)cc(C)c1NS(=O)(=O)c1ccccc1CN. The van der Waals surface area contributed by atoms with Crippen molar-refractivity contribution in [3.63, 3.8) is 0 Å². The zero-order valence-electron chi connectivity index (χ0n) is 11.9. The summed E-state index contributed by atoms with van der Waals surface area (Å²) in [7, 11) is -3.66. The van der Waals surface area contributed by atoms with Gasteiger partial charge in [-0.1, -0.05) is 34.1 Å². The van der Waals surface area contributed by atoms with Crippen LogP contribution in [0.5, 0.6) is 0 Å². The number of sulfonamides is 1. The molecule has 6 heteroatoms. The summed E-state index contributed by atoms with van der Waals surface area (Å²) in [6, 6.07) is 10.5. The molecule has 2 aromatic carbocycles. The van der Waals surface area contributed by atoms with E-state index in [0.29, 0.717) is 11.3 Å². The molecular weight excluding hydrogens is 352 g/mol. The van der Waals surface area contributed by atoms with E-state index in [0.717, 1.165) is 15.6 Å². The van der Waals surface area contributed by atoms with E-state index in [2.05, 4.69) is 20.7 Å². The zero-order chi connectivity index (χ0) is 15.6. The summed E-state index contributed by atoms with van der Waals surface area (Å²) in [6.07, 6.45) is 0. The monoisotopic (exact) mass is 368 g/mol. The Morgan fingerprint density at radius 3 is 2.29 bits per heavy atom. The van der Waals surface area contributed by atoms with Crippen molar-refractivity contribution in [1.29, 1.82) is 0 Å². The highest BCUT2D eigenvalue weighted by Gasteiger charge is 2.19. The lowest BCUT2D eigenvalue weighted by atomic mass is 10.1. The largest absolute Gasteiger partial charge is 0.326 e. The lowest BCUT2D eigenvalue weighted by Crippen LogP contribution is -2.17. The maximum absolute atomic E-state index is 12.6. The molecule has 0 fully saturated rings. The number of aryl methyl sites for hydroxylation is 2. The van der Waals surface area contributed by atoms with Crippen LogP contribution >= 0.6 is 15.9 Å². The van der Waals surface area contributed by atoms with Crippen molar-refractivity contribution in [2.45, 2.75) is 25.3 Å². The van der Waals surface area contributed by atoms with Crippen molar-refractivity contribution in [2.24, 2.45) is 5.73 Å². The van der Waals surface area contributed by atoms with E-state index in [9.17, 15) is 8.42 Å². The molecule has 0 spiro atoms. The van der Waals surface area contributed by atoms with Gasteiger partial charge in [0.1, 0.15) is 0 Å². The molecule has 0 bridgehead atoms. The Balaban J connectivity index is 2.48. The number of nitrogens with one attached hydrogen (secondary N) is 1. The Bertz CT molecular complexity index is 750. The lowest BCUT2D eigenvalue weighted by Gasteiger charge is -2.15. The molecule has 4 nitrogen and oxygen atoms in total. The van der Waals surface area contributed by atoms with Gasteiger partial charge < -0.3 is 5.73 Å². The third-order valence-corrected chi connectivity index (χ3v) is 5.12. The van der Waals surface area contributed by atoms with Gasteiger partial charge in [-0.05, 0) is 48.7 Å². The summed E-state index contributed by atoms with van der Waals surface area (Å²) in [4.78, 5) is 0.217. The highest BCUT2D eigenvalue weighted by molar-refractivity contribution is 9.10. The Morgan fingerprint density at radius 2 is 1.71 bits per heavy atom. The van der Waals surface area contributed by atoms with Gasteiger partial charge in [0.05, 0.1) is 10.6 Å². The molecule has 0 heterocycles. The second kappa shape index (κ2) is 6.17. The van der Waals surface area contributed by atoms with Crippen LogP contribution in [0.1, 0.15) is 16.7 Å². The number of rotatable bonds is 4. The normalized spacial score (nSPS) is 11.4. The molecule has 2 aromatic rings. The van der Waals surface area contributed by atoms with Crippen molar-refractivity contribution in [3.05, 3.63) is 57.6 Å². The van der Waals surface area contributed by atoms with Crippen LogP contribution in [0.3, 0.4) is 0 Å². The fourth-order valence-electron chi connectivity index (χ4n) is 2.20. The van der Waals surface area contributed by atoms with Gasteiger partial charge in [-0.3, -0.25) is 4.72 Å². The van der Waals surface area contributed by atoms with Crippen LogP contribution < -0.4 is 10.5 Å². The van der Waals surface area contributed by atoms with Crippen molar-refractivity contribution in [1.82, 2.24) is 0 Å². The third kappa shape index (κ3) is 3.45. The van der Waals surface area contributed by atoms with Crippen molar-refractivity contribution < 1.29 is 8.42 Å². The smallest absolute Gasteiger partial charge is 0.262 e. The molecule has 0 aliphatic carbocycles. The minimum atomic E-state index is -3.66. The average molecular weight is 369 g/mol. The molecule has 3 N–H and O–H groups in total. The molecule has 0 unspecified atom stereocenters. The average Bonchev–Trinajstić information content (AvgIpc) is 2.43. The Morgan fingerprint density at radius 1 is 1.14 bits per heavy atom. The third-order valence-electron chi connectivity index (χ3n) is 3.22. The van der Waals surface area contributed by atoms with Gasteiger partial charge in [0.15, 0.2) is 0 Å². The first-order chi connectivity index (χ1) is 9.85. The second-order valence-electron chi connectivity index (χ2n) is 4.83. The minimum absolute atomic E-state index is 0.176. The fraction of sp³-hybridized carbons (Fsp3) is 0.200. The molecular formula is C15H17BrN2O2S. The van der Waals surface area contributed by atoms with Gasteiger partial charge in [0.25, 0.3) is 10.0 Å². The Kier molecular flexibility index (Phi) is 4.70. The number of hydrogen-bond donors (Lipinski definition) is 2. The van der Waals surface area contributed by atoms with Gasteiger partial charge in [-0.25, -0.2) is 8.42 Å². The van der Waals surface area contributed by atoms with Gasteiger partial charge >= 0.3 is 0 Å². The fourth-order valence-corrected chi connectivity index (χ4v) is 4.34. The maximum Gasteiger partial charge on any atom is 0.262 e. The first kappa shape index (κ1) is 16.0. The summed E-state index contributed by atoms with van der Waals surface area (Å²) in [5.41, 5.74) is 8.53. The molecule has 0 aliphatic heterocycles. The Hall–Kier alpha value is -1.37. The summed E-state index contributed by atoms with van der Waals surface area (Å²) in [6.45, 7) is 3.91. The predicted molar refractivity (Wildman–Crippen MR) is 88.8 cm³/mol. The van der Waals surface area contributed by atoms with E-state index in [1.165, 1.54) is 0 Å². The molecule has 0 saturated heterocycles. The molecule has 0 atom stereocenters. The van der Waals surface area contributed by atoms with Crippen LogP contribution in [0.2, 0.25) is 0 Å². The Labute approximate surface area is 133 Å². The standard InChI is InChI=1S/C15H17BrN2O2S/c1-10-7-13(16)8-11(2)15(10)18-21(19,20)14-6-4-3-5-12(14)9-17/h3-8,18H,9,17H2,1-2H3. The van der Waals surface area contributed by atoms with Gasteiger partial charge in [-0.2, -0.15) is 0 Å². The number of hydrogen-bond acceptors (Lipinski definition) is 3. The second-order valence-corrected chi connectivity index (χ2v) is 7.40. The molecule has 112 valence electrons. The van der Waals surface area contributed by atoms with E-state index in [4.69, 9.17) is 5.73 Å². The van der Waals surface area contributed by atoms with Crippen molar-refractivity contribution in [3.8, 4) is 0 Å². The van der Waals surface area contributed by atoms with Crippen LogP contribution in [-0.4, -0.2) is 8.42 Å². The minimum Gasteiger partial charge on any atom is -0.326 e. The topological polar surface area (TPSA) is 72.2 Å². The number of anilines is 1. The van der Waals surface area contributed by atoms with Crippen LogP contribution in [-0.2, 0) is 16.6 Å². The lowest BCUT2D eigenvalue weighted by molar-refractivity contribution is 0.600. The summed E-state index contributed by atoms with van der Waals surface area (Å²) < 4.78 is 28.8. The molecule has 0 amide bonds. The molecule has 0 aliphatic rings. The van der Waals surface area contributed by atoms with Crippen molar-refractivity contribution in [2.75, 3.05) is 4.72 Å². The molecule has 0 radical (unpaired) electrons. The zero-order valence-corrected chi connectivity index (χ0v) is 14.3. The highest BCUT2D eigenvalue weighted by Crippen LogP contribution is 2.28. The van der Waals surface area contributed by atoms with E-state index >= 15 is 0 Å². The first-order valence-corrected chi connectivity index (χ1v) is 8.70. The summed E-state index contributed by atoms with van der Waals surface area (Å²) in [5.74, 6) is 0. The van der Waals surface area contributed by atoms with Crippen molar-refractivity contribution >= 4 is 31.6 Å². The van der Waals surface area contributed by atoms with Crippen LogP contribution in [0.15, 0.2) is 45.8 Å². The number of nitrogens with two attached hydrogens (primary N) is 1. The maximum atomic E-state index is 12.6.